The maximum atomic E-state index is 12.5. The molecular weight excluding hydrogens is 321 g/mol. The Hall–Kier alpha value is -0.810. The summed E-state index contributed by atoms with van der Waals surface area (Å²) in [5.41, 5.74) is 1.71. The topological polar surface area (TPSA) is 44.4 Å². The van der Waals surface area contributed by atoms with E-state index >= 15 is 0 Å². The minimum atomic E-state index is -0.377. The number of hydrogen-bond donors (Lipinski definition) is 2. The molecule has 1 aliphatic rings. The fourth-order valence-corrected chi connectivity index (χ4v) is 2.83. The van der Waals surface area contributed by atoms with Gasteiger partial charge in [-0.05, 0) is 57.6 Å². The summed E-state index contributed by atoms with van der Waals surface area (Å²) in [5.74, 6) is 0.0968. The minimum Gasteiger partial charge on any atom is -0.324 e. The predicted octanol–water partition coefficient (Wildman–Crippen LogP) is 3.06. The molecule has 0 aromatic heterocycles. The second-order valence-electron chi connectivity index (χ2n) is 5.86. The van der Waals surface area contributed by atoms with Gasteiger partial charge >= 0.3 is 0 Å². The van der Waals surface area contributed by atoms with Crippen molar-refractivity contribution in [2.24, 2.45) is 0 Å². The van der Waals surface area contributed by atoms with Crippen LogP contribution in [-0.2, 0) is 11.3 Å². The van der Waals surface area contributed by atoms with Crippen molar-refractivity contribution in [1.82, 2.24) is 10.2 Å². The van der Waals surface area contributed by atoms with Crippen molar-refractivity contribution >= 4 is 36.4 Å². The summed E-state index contributed by atoms with van der Waals surface area (Å²) >= 11 is 0. The lowest BCUT2D eigenvalue weighted by Crippen LogP contribution is -2.50. The second kappa shape index (κ2) is 9.36. The molecule has 0 bridgehead atoms. The Morgan fingerprint density at radius 1 is 1.36 bits per heavy atom. The van der Waals surface area contributed by atoms with Crippen LogP contribution in [0.5, 0.6) is 0 Å². The molecule has 126 valence electrons. The van der Waals surface area contributed by atoms with Crippen LogP contribution in [0.2, 0.25) is 0 Å². The van der Waals surface area contributed by atoms with Gasteiger partial charge in [-0.2, -0.15) is 0 Å². The smallest absolute Gasteiger partial charge is 0.244 e. The molecule has 0 spiro atoms. The van der Waals surface area contributed by atoms with Crippen molar-refractivity contribution in [3.8, 4) is 0 Å². The molecule has 1 atom stereocenters. The third-order valence-electron chi connectivity index (χ3n) is 3.97. The van der Waals surface area contributed by atoms with E-state index < -0.39 is 0 Å². The van der Waals surface area contributed by atoms with Gasteiger partial charge < -0.3 is 15.5 Å². The Bertz CT molecular complexity index is 474. The van der Waals surface area contributed by atoms with Crippen LogP contribution in [-0.4, -0.2) is 37.0 Å². The van der Waals surface area contributed by atoms with Crippen LogP contribution in [0.25, 0.3) is 0 Å². The van der Waals surface area contributed by atoms with E-state index in [1.54, 1.807) is 0 Å². The monoisotopic (exact) mass is 347 g/mol. The molecule has 1 aromatic carbocycles. The largest absolute Gasteiger partial charge is 0.324 e. The first-order valence-corrected chi connectivity index (χ1v) is 7.36. The maximum absolute atomic E-state index is 12.5. The summed E-state index contributed by atoms with van der Waals surface area (Å²) in [6, 6.07) is 8.08. The van der Waals surface area contributed by atoms with E-state index in [2.05, 4.69) is 34.6 Å². The standard InChI is InChI=1S/C16H25N3O.2ClH/c1-4-16(9-6-10-17-16)15(20)18-14-8-5-7-13(11-14)12-19(2)3;;/h5,7-8,11,17H,4,6,9-10,12H2,1-3H3,(H,18,20);2*1H. The number of carbonyl (C=O) groups is 1. The number of anilines is 1. The van der Waals surface area contributed by atoms with Gasteiger partial charge in [-0.15, -0.1) is 24.8 Å². The number of carbonyl (C=O) groups excluding carboxylic acids is 1. The van der Waals surface area contributed by atoms with Gasteiger partial charge in [0.25, 0.3) is 0 Å². The van der Waals surface area contributed by atoms with Crippen LogP contribution < -0.4 is 10.6 Å². The highest BCUT2D eigenvalue weighted by atomic mass is 35.5. The molecule has 1 saturated heterocycles. The van der Waals surface area contributed by atoms with E-state index in [1.165, 1.54) is 5.56 Å². The molecule has 0 saturated carbocycles. The SMILES string of the molecule is CCC1(C(=O)Nc2cccc(CN(C)C)c2)CCCN1.Cl.Cl. The van der Waals surface area contributed by atoms with Gasteiger partial charge in [0.15, 0.2) is 0 Å². The fraction of sp³-hybridized carbons (Fsp3) is 0.562. The molecular formula is C16H27Cl2N3O. The number of amides is 1. The first-order valence-electron chi connectivity index (χ1n) is 7.36. The average Bonchev–Trinajstić information content (AvgIpc) is 2.88. The summed E-state index contributed by atoms with van der Waals surface area (Å²) in [5, 5.41) is 6.44. The Balaban J connectivity index is 0.00000220. The highest BCUT2D eigenvalue weighted by Crippen LogP contribution is 2.25. The molecule has 0 radical (unpaired) electrons. The van der Waals surface area contributed by atoms with Crippen molar-refractivity contribution in [3.63, 3.8) is 0 Å². The third kappa shape index (κ3) is 5.13. The van der Waals surface area contributed by atoms with Crippen molar-refractivity contribution < 1.29 is 4.79 Å². The lowest BCUT2D eigenvalue weighted by molar-refractivity contribution is -0.122. The molecule has 1 heterocycles. The Labute approximate surface area is 145 Å². The zero-order valence-corrected chi connectivity index (χ0v) is 15.1. The lowest BCUT2D eigenvalue weighted by Gasteiger charge is -2.26. The number of halogens is 2. The normalized spacial score (nSPS) is 20.2. The maximum Gasteiger partial charge on any atom is 0.244 e. The fourth-order valence-electron chi connectivity index (χ4n) is 2.83. The Morgan fingerprint density at radius 3 is 2.64 bits per heavy atom. The summed E-state index contributed by atoms with van der Waals surface area (Å²) in [4.78, 5) is 14.6. The van der Waals surface area contributed by atoms with Crippen LogP contribution in [0.1, 0.15) is 31.7 Å². The minimum absolute atomic E-state index is 0. The first kappa shape index (κ1) is 21.2. The van der Waals surface area contributed by atoms with Crippen LogP contribution in [0, 0.1) is 0 Å². The molecule has 1 unspecified atom stereocenters. The van der Waals surface area contributed by atoms with Gasteiger partial charge in [0.2, 0.25) is 5.91 Å². The van der Waals surface area contributed by atoms with Crippen LogP contribution in [0.15, 0.2) is 24.3 Å². The zero-order chi connectivity index (χ0) is 14.6. The van der Waals surface area contributed by atoms with E-state index in [9.17, 15) is 4.79 Å². The molecule has 0 aliphatic carbocycles. The molecule has 1 aliphatic heterocycles. The number of rotatable bonds is 5. The highest BCUT2D eigenvalue weighted by molar-refractivity contribution is 5.98. The molecule has 1 aromatic rings. The van der Waals surface area contributed by atoms with Crippen molar-refractivity contribution in [3.05, 3.63) is 29.8 Å². The summed E-state index contributed by atoms with van der Waals surface area (Å²) in [6.07, 6.45) is 2.82. The van der Waals surface area contributed by atoms with Crippen LogP contribution in [0.3, 0.4) is 0 Å². The van der Waals surface area contributed by atoms with E-state index in [0.717, 1.165) is 38.0 Å². The van der Waals surface area contributed by atoms with Gasteiger partial charge in [-0.25, -0.2) is 0 Å². The zero-order valence-electron chi connectivity index (χ0n) is 13.5. The van der Waals surface area contributed by atoms with Gasteiger partial charge in [0.1, 0.15) is 0 Å². The van der Waals surface area contributed by atoms with Crippen molar-refractivity contribution in [2.75, 3.05) is 26.0 Å². The Morgan fingerprint density at radius 2 is 2.09 bits per heavy atom. The summed E-state index contributed by atoms with van der Waals surface area (Å²) < 4.78 is 0. The number of nitrogens with one attached hydrogen (secondary N) is 2. The third-order valence-corrected chi connectivity index (χ3v) is 3.97. The molecule has 2 rings (SSSR count). The molecule has 1 amide bonds. The quantitative estimate of drug-likeness (QED) is 0.860. The van der Waals surface area contributed by atoms with Crippen molar-refractivity contribution in [2.45, 2.75) is 38.3 Å². The van der Waals surface area contributed by atoms with E-state index in [0.29, 0.717) is 0 Å². The second-order valence-corrected chi connectivity index (χ2v) is 5.86. The summed E-state index contributed by atoms with van der Waals surface area (Å²) in [7, 11) is 4.08. The molecule has 1 fully saturated rings. The number of hydrogen-bond acceptors (Lipinski definition) is 3. The average molecular weight is 348 g/mol. The van der Waals surface area contributed by atoms with Gasteiger partial charge in [0.05, 0.1) is 5.54 Å². The van der Waals surface area contributed by atoms with E-state index in [-0.39, 0.29) is 36.3 Å². The molecule has 4 nitrogen and oxygen atoms in total. The molecule has 6 heteroatoms. The van der Waals surface area contributed by atoms with Gasteiger partial charge in [-0.3, -0.25) is 4.79 Å². The molecule has 22 heavy (non-hydrogen) atoms. The van der Waals surface area contributed by atoms with E-state index in [1.807, 2.05) is 26.2 Å². The van der Waals surface area contributed by atoms with Crippen LogP contribution in [0.4, 0.5) is 5.69 Å². The Kier molecular flexibility index (Phi) is 9.01. The number of nitrogens with zero attached hydrogens (tertiary/aromatic N) is 1. The van der Waals surface area contributed by atoms with Crippen LogP contribution >= 0.6 is 24.8 Å². The van der Waals surface area contributed by atoms with Gasteiger partial charge in [-0.1, -0.05) is 19.1 Å². The van der Waals surface area contributed by atoms with Crippen molar-refractivity contribution in [1.29, 1.82) is 0 Å². The van der Waals surface area contributed by atoms with E-state index in [4.69, 9.17) is 0 Å². The van der Waals surface area contributed by atoms with Gasteiger partial charge in [0, 0.05) is 12.2 Å². The lowest BCUT2D eigenvalue weighted by atomic mass is 9.93. The summed E-state index contributed by atoms with van der Waals surface area (Å²) in [6.45, 7) is 3.88. The first-order chi connectivity index (χ1) is 9.55. The predicted molar refractivity (Wildman–Crippen MR) is 97.2 cm³/mol. The number of benzene rings is 1. The molecule has 2 N–H and O–H groups in total. The highest BCUT2D eigenvalue weighted by Gasteiger charge is 2.38.